The van der Waals surface area contributed by atoms with Crippen molar-refractivity contribution in [3.8, 4) is 0 Å². The van der Waals surface area contributed by atoms with Crippen molar-refractivity contribution in [3.63, 3.8) is 0 Å². The van der Waals surface area contributed by atoms with Gasteiger partial charge >= 0.3 is 0 Å². The second-order valence-corrected chi connectivity index (χ2v) is 3.59. The topological polar surface area (TPSA) is 41.0 Å². The number of halogens is 1. The number of allylic oxidation sites excluding steroid dienone is 1. The maximum atomic E-state index is 5.95. The van der Waals surface area contributed by atoms with Crippen molar-refractivity contribution in [2.75, 3.05) is 0 Å². The maximum absolute atomic E-state index is 5.95. The van der Waals surface area contributed by atoms with Crippen LogP contribution < -0.4 is 10.7 Å². The quantitative estimate of drug-likeness (QED) is 0.695. The zero-order chi connectivity index (χ0) is 9.97. The van der Waals surface area contributed by atoms with Gasteiger partial charge in [-0.15, -0.1) is 0 Å². The minimum Gasteiger partial charge on any atom is -0.276 e. The average molecular weight is 210 g/mol. The number of fused-ring (bicyclic) bond motifs is 1. The molecular formula is C10H12ClN3. The van der Waals surface area contributed by atoms with Crippen LogP contribution in [0.5, 0.6) is 0 Å². The molecule has 0 aromatic carbocycles. The first kappa shape index (κ1) is 9.46. The molecule has 1 aliphatic rings. The molecule has 1 N–H and O–H groups in total. The highest BCUT2D eigenvalue weighted by atomic mass is 35.5. The van der Waals surface area contributed by atoms with Crippen LogP contribution in [0, 0.1) is 0 Å². The number of H-pyrrole nitrogens is 1. The van der Waals surface area contributed by atoms with Crippen LogP contribution in [0.25, 0.3) is 6.08 Å². The molecule has 4 heteroatoms. The molecule has 3 nitrogen and oxygen atoms in total. The van der Waals surface area contributed by atoms with Crippen LogP contribution in [0.3, 0.4) is 0 Å². The van der Waals surface area contributed by atoms with E-state index in [2.05, 4.69) is 28.2 Å². The minimum absolute atomic E-state index is 0.565. The van der Waals surface area contributed by atoms with Crippen LogP contribution in [0.15, 0.2) is 16.2 Å². The predicted octanol–water partition coefficient (Wildman–Crippen LogP) is 1.25. The summed E-state index contributed by atoms with van der Waals surface area (Å²) in [6.45, 7) is 2.06. The summed E-state index contributed by atoms with van der Waals surface area (Å²) in [4.78, 5) is 4.33. The molecule has 0 atom stereocenters. The Hall–Kier alpha value is -1.09. The third-order valence-corrected chi connectivity index (χ3v) is 2.46. The summed E-state index contributed by atoms with van der Waals surface area (Å²) in [5, 5.41) is 9.63. The van der Waals surface area contributed by atoms with E-state index in [0.29, 0.717) is 5.16 Å². The van der Waals surface area contributed by atoms with Gasteiger partial charge in [-0.3, -0.25) is 5.10 Å². The van der Waals surface area contributed by atoms with Crippen LogP contribution >= 0.6 is 11.6 Å². The molecule has 1 aliphatic heterocycles. The SMILES string of the molecule is CCc1n[nH]c2c1=NC(Cl)=CCCC=2. The molecule has 14 heavy (non-hydrogen) atoms. The Morgan fingerprint density at radius 1 is 1.43 bits per heavy atom. The van der Waals surface area contributed by atoms with Gasteiger partial charge in [0.15, 0.2) is 0 Å². The smallest absolute Gasteiger partial charge is 0.125 e. The van der Waals surface area contributed by atoms with Crippen LogP contribution in [0.1, 0.15) is 25.5 Å². The van der Waals surface area contributed by atoms with Crippen molar-refractivity contribution in [1.29, 1.82) is 0 Å². The third-order valence-electron chi connectivity index (χ3n) is 2.22. The molecular weight excluding hydrogens is 198 g/mol. The van der Waals surface area contributed by atoms with E-state index in [1.165, 1.54) is 0 Å². The molecule has 0 radical (unpaired) electrons. The normalized spacial score (nSPS) is 15.7. The second-order valence-electron chi connectivity index (χ2n) is 3.21. The van der Waals surface area contributed by atoms with Crippen molar-refractivity contribution in [2.45, 2.75) is 26.2 Å². The summed E-state index contributed by atoms with van der Waals surface area (Å²) in [7, 11) is 0. The average Bonchev–Trinajstić information content (AvgIpc) is 2.51. The first-order valence-electron chi connectivity index (χ1n) is 4.79. The zero-order valence-corrected chi connectivity index (χ0v) is 8.80. The number of nitrogens with zero attached hydrogens (tertiary/aromatic N) is 2. The van der Waals surface area contributed by atoms with E-state index >= 15 is 0 Å². The molecule has 0 bridgehead atoms. The summed E-state index contributed by atoms with van der Waals surface area (Å²) < 4.78 is 0. The minimum atomic E-state index is 0.565. The van der Waals surface area contributed by atoms with Crippen LogP contribution in [-0.2, 0) is 6.42 Å². The number of hydrogen-bond donors (Lipinski definition) is 1. The Morgan fingerprint density at radius 2 is 2.21 bits per heavy atom. The van der Waals surface area contributed by atoms with Crippen molar-refractivity contribution in [2.24, 2.45) is 4.99 Å². The first-order chi connectivity index (χ1) is 6.81. The molecule has 0 saturated heterocycles. The van der Waals surface area contributed by atoms with E-state index in [9.17, 15) is 0 Å². The lowest BCUT2D eigenvalue weighted by atomic mass is 10.2. The number of hydrogen-bond acceptors (Lipinski definition) is 2. The lowest BCUT2D eigenvalue weighted by Crippen LogP contribution is -2.25. The third kappa shape index (κ3) is 1.73. The van der Waals surface area contributed by atoms with Gasteiger partial charge in [0.05, 0.1) is 11.0 Å². The summed E-state index contributed by atoms with van der Waals surface area (Å²) >= 11 is 5.95. The fraction of sp³-hybridized carbons (Fsp3) is 0.400. The first-order valence-corrected chi connectivity index (χ1v) is 5.17. The van der Waals surface area contributed by atoms with Gasteiger partial charge in [0.2, 0.25) is 0 Å². The van der Waals surface area contributed by atoms with Crippen molar-refractivity contribution in [3.05, 3.63) is 27.6 Å². The van der Waals surface area contributed by atoms with Crippen molar-refractivity contribution in [1.82, 2.24) is 10.2 Å². The molecule has 0 aliphatic carbocycles. The molecule has 2 heterocycles. The number of aromatic amines is 1. The van der Waals surface area contributed by atoms with Crippen molar-refractivity contribution < 1.29 is 0 Å². The standard InChI is InChI=1S/C10H12ClN3/c1-2-7-10-8(14-13-7)5-3-4-6-9(11)12-10/h5-6,14H,2-4H2,1H3. The van der Waals surface area contributed by atoms with Gasteiger partial charge in [-0.05, 0) is 25.3 Å². The predicted molar refractivity (Wildman–Crippen MR) is 56.4 cm³/mol. The molecule has 1 aromatic heterocycles. The summed E-state index contributed by atoms with van der Waals surface area (Å²) in [6, 6.07) is 0. The van der Waals surface area contributed by atoms with Crippen LogP contribution in [-0.4, -0.2) is 10.2 Å². The Kier molecular flexibility index (Phi) is 2.68. The molecule has 0 unspecified atom stereocenters. The van der Waals surface area contributed by atoms with Gasteiger partial charge in [0.1, 0.15) is 10.5 Å². The molecule has 0 fully saturated rings. The second kappa shape index (κ2) is 3.96. The van der Waals surface area contributed by atoms with Gasteiger partial charge in [-0.25, -0.2) is 4.99 Å². The highest BCUT2D eigenvalue weighted by Crippen LogP contribution is 2.06. The number of rotatable bonds is 1. The highest BCUT2D eigenvalue weighted by molar-refractivity contribution is 6.29. The Morgan fingerprint density at radius 3 is 3.00 bits per heavy atom. The largest absolute Gasteiger partial charge is 0.276 e. The van der Waals surface area contributed by atoms with E-state index in [-0.39, 0.29) is 0 Å². The number of nitrogens with one attached hydrogen (secondary N) is 1. The van der Waals surface area contributed by atoms with Crippen LogP contribution in [0.2, 0.25) is 0 Å². The summed E-state index contributed by atoms with van der Waals surface area (Å²) in [5.41, 5.74) is 0.977. The lowest BCUT2D eigenvalue weighted by Gasteiger charge is -1.94. The van der Waals surface area contributed by atoms with E-state index in [4.69, 9.17) is 11.6 Å². The zero-order valence-electron chi connectivity index (χ0n) is 8.05. The fourth-order valence-corrected chi connectivity index (χ4v) is 1.68. The van der Waals surface area contributed by atoms with Crippen molar-refractivity contribution >= 4 is 17.7 Å². The van der Waals surface area contributed by atoms with Gasteiger partial charge in [0, 0.05) is 0 Å². The number of aromatic nitrogens is 2. The van der Waals surface area contributed by atoms with Crippen LogP contribution in [0.4, 0.5) is 0 Å². The molecule has 0 amide bonds. The molecule has 2 rings (SSSR count). The number of aryl methyl sites for hydroxylation is 1. The molecule has 0 saturated carbocycles. The van der Waals surface area contributed by atoms with E-state index in [0.717, 1.165) is 35.7 Å². The Bertz CT molecular complexity index is 470. The Labute approximate surface area is 87.2 Å². The Balaban J connectivity index is 2.70. The summed E-state index contributed by atoms with van der Waals surface area (Å²) in [5.74, 6) is 0. The lowest BCUT2D eigenvalue weighted by molar-refractivity contribution is 0.959. The van der Waals surface area contributed by atoms with Gasteiger partial charge in [0.25, 0.3) is 0 Å². The monoisotopic (exact) mass is 209 g/mol. The summed E-state index contributed by atoms with van der Waals surface area (Å²) in [6.07, 6.45) is 6.83. The highest BCUT2D eigenvalue weighted by Gasteiger charge is 2.02. The van der Waals surface area contributed by atoms with Gasteiger partial charge in [-0.2, -0.15) is 5.10 Å². The fourth-order valence-electron chi connectivity index (χ4n) is 1.49. The van der Waals surface area contributed by atoms with Gasteiger partial charge < -0.3 is 0 Å². The van der Waals surface area contributed by atoms with E-state index in [1.54, 1.807) is 0 Å². The van der Waals surface area contributed by atoms with E-state index in [1.807, 2.05) is 6.08 Å². The molecule has 0 spiro atoms. The maximum Gasteiger partial charge on any atom is 0.125 e. The molecule has 1 aromatic rings. The van der Waals surface area contributed by atoms with E-state index < -0.39 is 0 Å². The van der Waals surface area contributed by atoms with Gasteiger partial charge in [-0.1, -0.05) is 24.6 Å². The molecule has 74 valence electrons.